The Morgan fingerprint density at radius 3 is 2.75 bits per heavy atom. The van der Waals surface area contributed by atoms with E-state index in [2.05, 4.69) is 15.6 Å². The SMILES string of the molecule is CNc1ccc([N+](=O)[O-])cc1C(=O)Nc1ncc(C)s1. The van der Waals surface area contributed by atoms with Crippen LogP contribution in [0.25, 0.3) is 0 Å². The summed E-state index contributed by atoms with van der Waals surface area (Å²) in [6, 6.07) is 4.08. The molecule has 104 valence electrons. The van der Waals surface area contributed by atoms with Gasteiger partial charge in [-0.2, -0.15) is 0 Å². The van der Waals surface area contributed by atoms with Gasteiger partial charge in [0.1, 0.15) is 0 Å². The summed E-state index contributed by atoms with van der Waals surface area (Å²) in [4.78, 5) is 27.4. The van der Waals surface area contributed by atoms with Crippen molar-refractivity contribution in [3.8, 4) is 0 Å². The zero-order valence-electron chi connectivity index (χ0n) is 10.8. The fourth-order valence-electron chi connectivity index (χ4n) is 1.63. The number of aromatic nitrogens is 1. The standard InChI is InChI=1S/C12H12N4O3S/c1-7-6-14-12(20-7)15-11(17)9-5-8(16(18)19)3-4-10(9)13-2/h3-6,13H,1-2H3,(H,14,15,17). The summed E-state index contributed by atoms with van der Waals surface area (Å²) in [5.74, 6) is -0.438. The first-order valence-corrected chi connectivity index (χ1v) is 6.53. The fourth-order valence-corrected chi connectivity index (χ4v) is 2.29. The van der Waals surface area contributed by atoms with Crippen molar-refractivity contribution in [2.45, 2.75) is 6.92 Å². The Bertz CT molecular complexity index is 668. The maximum atomic E-state index is 12.2. The number of hydrogen-bond donors (Lipinski definition) is 2. The number of nitrogens with zero attached hydrogens (tertiary/aromatic N) is 2. The van der Waals surface area contributed by atoms with Gasteiger partial charge in [-0.1, -0.05) is 0 Å². The summed E-state index contributed by atoms with van der Waals surface area (Å²) in [7, 11) is 1.64. The van der Waals surface area contributed by atoms with Crippen molar-refractivity contribution in [3.63, 3.8) is 0 Å². The third-order valence-electron chi connectivity index (χ3n) is 2.57. The number of nitro groups is 1. The minimum absolute atomic E-state index is 0.135. The Kier molecular flexibility index (Phi) is 3.94. The molecular weight excluding hydrogens is 280 g/mol. The Balaban J connectivity index is 2.32. The molecular formula is C12H12N4O3S. The lowest BCUT2D eigenvalue weighted by atomic mass is 10.1. The van der Waals surface area contributed by atoms with E-state index in [9.17, 15) is 14.9 Å². The molecule has 0 saturated carbocycles. The lowest BCUT2D eigenvalue weighted by molar-refractivity contribution is -0.384. The van der Waals surface area contributed by atoms with Gasteiger partial charge in [0.15, 0.2) is 5.13 Å². The van der Waals surface area contributed by atoms with Crippen LogP contribution in [-0.2, 0) is 0 Å². The first kappa shape index (κ1) is 13.9. The molecule has 8 heteroatoms. The van der Waals surface area contributed by atoms with Crippen LogP contribution in [-0.4, -0.2) is 22.9 Å². The number of hydrogen-bond acceptors (Lipinski definition) is 6. The predicted octanol–water partition coefficient (Wildman–Crippen LogP) is 2.65. The second-order valence-electron chi connectivity index (χ2n) is 3.97. The van der Waals surface area contributed by atoms with E-state index in [1.165, 1.54) is 29.5 Å². The number of rotatable bonds is 4. The van der Waals surface area contributed by atoms with E-state index in [0.29, 0.717) is 10.8 Å². The molecule has 0 saturated heterocycles. The first-order chi connectivity index (χ1) is 9.51. The van der Waals surface area contributed by atoms with Crippen LogP contribution in [0, 0.1) is 17.0 Å². The van der Waals surface area contributed by atoms with Gasteiger partial charge in [-0.05, 0) is 13.0 Å². The van der Waals surface area contributed by atoms with Crippen molar-refractivity contribution in [2.75, 3.05) is 17.7 Å². The van der Waals surface area contributed by atoms with Gasteiger partial charge in [0.25, 0.3) is 11.6 Å². The number of carbonyl (C=O) groups is 1. The molecule has 0 aliphatic heterocycles. The predicted molar refractivity (Wildman–Crippen MR) is 77.4 cm³/mol. The molecule has 20 heavy (non-hydrogen) atoms. The minimum Gasteiger partial charge on any atom is -0.387 e. The van der Waals surface area contributed by atoms with E-state index >= 15 is 0 Å². The van der Waals surface area contributed by atoms with Crippen LogP contribution < -0.4 is 10.6 Å². The maximum absolute atomic E-state index is 12.2. The highest BCUT2D eigenvalue weighted by molar-refractivity contribution is 7.15. The third kappa shape index (κ3) is 2.91. The molecule has 1 aromatic carbocycles. The molecule has 7 nitrogen and oxygen atoms in total. The Hall–Kier alpha value is -2.48. The summed E-state index contributed by atoms with van der Waals surface area (Å²) in [5.41, 5.74) is 0.584. The molecule has 1 amide bonds. The van der Waals surface area contributed by atoms with E-state index in [-0.39, 0.29) is 11.3 Å². The zero-order chi connectivity index (χ0) is 14.7. The van der Waals surface area contributed by atoms with Crippen molar-refractivity contribution in [3.05, 3.63) is 45.0 Å². The quantitative estimate of drug-likeness (QED) is 0.667. The summed E-state index contributed by atoms with van der Waals surface area (Å²) < 4.78 is 0. The summed E-state index contributed by atoms with van der Waals surface area (Å²) in [6.45, 7) is 1.87. The van der Waals surface area contributed by atoms with E-state index in [0.717, 1.165) is 4.88 Å². The van der Waals surface area contributed by atoms with E-state index in [4.69, 9.17) is 0 Å². The van der Waals surface area contributed by atoms with E-state index in [1.54, 1.807) is 13.2 Å². The van der Waals surface area contributed by atoms with Crippen LogP contribution in [0.4, 0.5) is 16.5 Å². The maximum Gasteiger partial charge on any atom is 0.270 e. The Labute approximate surface area is 118 Å². The Morgan fingerprint density at radius 1 is 1.45 bits per heavy atom. The molecule has 0 spiro atoms. The van der Waals surface area contributed by atoms with E-state index in [1.807, 2.05) is 6.92 Å². The van der Waals surface area contributed by atoms with Crippen molar-refractivity contribution in [2.24, 2.45) is 0 Å². The lowest BCUT2D eigenvalue weighted by Crippen LogP contribution is -2.14. The molecule has 0 atom stereocenters. The average molecular weight is 292 g/mol. The average Bonchev–Trinajstić information content (AvgIpc) is 2.83. The molecule has 0 fully saturated rings. The van der Waals surface area contributed by atoms with Crippen molar-refractivity contribution >= 4 is 33.8 Å². The van der Waals surface area contributed by atoms with Crippen LogP contribution >= 0.6 is 11.3 Å². The summed E-state index contributed by atoms with van der Waals surface area (Å²) in [5, 5.41) is 16.7. The number of benzene rings is 1. The number of nitrogens with one attached hydrogen (secondary N) is 2. The lowest BCUT2D eigenvalue weighted by Gasteiger charge is -2.08. The molecule has 0 radical (unpaired) electrons. The zero-order valence-corrected chi connectivity index (χ0v) is 11.7. The highest BCUT2D eigenvalue weighted by Crippen LogP contribution is 2.24. The molecule has 0 aliphatic carbocycles. The third-order valence-corrected chi connectivity index (χ3v) is 3.40. The highest BCUT2D eigenvalue weighted by atomic mass is 32.1. The van der Waals surface area contributed by atoms with Gasteiger partial charge >= 0.3 is 0 Å². The van der Waals surface area contributed by atoms with Crippen LogP contribution in [0.3, 0.4) is 0 Å². The van der Waals surface area contributed by atoms with E-state index < -0.39 is 10.8 Å². The molecule has 2 N–H and O–H groups in total. The monoisotopic (exact) mass is 292 g/mol. The van der Waals surface area contributed by atoms with Gasteiger partial charge in [0.05, 0.1) is 10.5 Å². The van der Waals surface area contributed by atoms with Gasteiger partial charge in [0, 0.05) is 35.9 Å². The number of amides is 1. The molecule has 2 rings (SSSR count). The summed E-state index contributed by atoms with van der Waals surface area (Å²) in [6.07, 6.45) is 1.65. The summed E-state index contributed by atoms with van der Waals surface area (Å²) >= 11 is 1.34. The smallest absolute Gasteiger partial charge is 0.270 e. The molecule has 0 bridgehead atoms. The second-order valence-corrected chi connectivity index (χ2v) is 5.20. The topological polar surface area (TPSA) is 97.2 Å². The Morgan fingerprint density at radius 2 is 2.20 bits per heavy atom. The van der Waals surface area contributed by atoms with Gasteiger partial charge in [-0.25, -0.2) is 4.98 Å². The van der Waals surface area contributed by atoms with Gasteiger partial charge in [0.2, 0.25) is 0 Å². The fraction of sp³-hybridized carbons (Fsp3) is 0.167. The van der Waals surface area contributed by atoms with Crippen molar-refractivity contribution in [1.29, 1.82) is 0 Å². The molecule has 0 unspecified atom stereocenters. The van der Waals surface area contributed by atoms with Gasteiger partial charge in [-0.3, -0.25) is 20.2 Å². The first-order valence-electron chi connectivity index (χ1n) is 5.71. The molecule has 1 heterocycles. The van der Waals surface area contributed by atoms with Crippen LogP contribution in [0.5, 0.6) is 0 Å². The number of non-ortho nitro benzene ring substituents is 1. The van der Waals surface area contributed by atoms with Gasteiger partial charge in [-0.15, -0.1) is 11.3 Å². The highest BCUT2D eigenvalue weighted by Gasteiger charge is 2.17. The number of aryl methyl sites for hydroxylation is 1. The largest absolute Gasteiger partial charge is 0.387 e. The normalized spacial score (nSPS) is 10.1. The number of anilines is 2. The van der Waals surface area contributed by atoms with Crippen LogP contribution in [0.1, 0.15) is 15.2 Å². The number of carbonyl (C=O) groups excluding carboxylic acids is 1. The number of nitro benzene ring substituents is 1. The number of thiazole rings is 1. The molecule has 1 aromatic heterocycles. The van der Waals surface area contributed by atoms with Crippen molar-refractivity contribution in [1.82, 2.24) is 4.98 Å². The minimum atomic E-state index is -0.538. The second kappa shape index (κ2) is 5.66. The van der Waals surface area contributed by atoms with Crippen LogP contribution in [0.2, 0.25) is 0 Å². The van der Waals surface area contributed by atoms with Crippen molar-refractivity contribution < 1.29 is 9.72 Å². The molecule has 0 aliphatic rings. The van der Waals surface area contributed by atoms with Crippen LogP contribution in [0.15, 0.2) is 24.4 Å². The molecule has 2 aromatic rings. The van der Waals surface area contributed by atoms with Gasteiger partial charge < -0.3 is 5.32 Å².